The molecule has 1 saturated heterocycles. The van der Waals surface area contributed by atoms with Gasteiger partial charge in [0.05, 0.1) is 0 Å². The zero-order valence-corrected chi connectivity index (χ0v) is 10.9. The highest BCUT2D eigenvalue weighted by molar-refractivity contribution is 7.89. The molecule has 1 aromatic heterocycles. The predicted molar refractivity (Wildman–Crippen MR) is 65.1 cm³/mol. The number of hydrogen-bond donors (Lipinski definition) is 1. The molecule has 1 aliphatic rings. The smallest absolute Gasteiger partial charge is 0.261 e. The molecule has 0 saturated carbocycles. The average molecular weight is 255 g/mol. The van der Waals surface area contributed by atoms with Crippen LogP contribution < -0.4 is 5.32 Å². The molecular weight excluding hydrogens is 238 g/mol. The third-order valence-corrected chi connectivity index (χ3v) is 4.94. The van der Waals surface area contributed by atoms with Crippen LogP contribution in [-0.2, 0) is 10.0 Å². The van der Waals surface area contributed by atoms with E-state index in [0.29, 0.717) is 19.6 Å². The lowest BCUT2D eigenvalue weighted by molar-refractivity contribution is 0.185. The second-order valence-electron chi connectivity index (χ2n) is 4.73. The van der Waals surface area contributed by atoms with Gasteiger partial charge in [-0.3, -0.25) is 0 Å². The summed E-state index contributed by atoms with van der Waals surface area (Å²) in [5.74, 6) is 0. The maximum Gasteiger partial charge on any atom is 0.261 e. The molecule has 0 bridgehead atoms. The minimum atomic E-state index is -3.49. The third kappa shape index (κ3) is 2.34. The molecule has 1 fully saturated rings. The summed E-state index contributed by atoms with van der Waals surface area (Å²) in [4.78, 5) is 3.94. The van der Waals surface area contributed by atoms with Crippen molar-refractivity contribution in [2.75, 3.05) is 19.6 Å². The Morgan fingerprint density at radius 2 is 2.18 bits per heavy atom. The van der Waals surface area contributed by atoms with Crippen molar-refractivity contribution in [3.63, 3.8) is 0 Å². The van der Waals surface area contributed by atoms with Crippen LogP contribution in [-0.4, -0.2) is 42.9 Å². The number of piperazine rings is 1. The molecule has 1 aromatic rings. The van der Waals surface area contributed by atoms with Gasteiger partial charge < -0.3 is 5.32 Å². The van der Waals surface area contributed by atoms with Crippen LogP contribution >= 0.6 is 0 Å². The fourth-order valence-electron chi connectivity index (χ4n) is 2.02. The molecule has 6 heteroatoms. The molecule has 17 heavy (non-hydrogen) atoms. The Kier molecular flexibility index (Phi) is 3.20. The fourth-order valence-corrected chi connectivity index (χ4v) is 3.74. The second kappa shape index (κ2) is 4.36. The molecule has 0 unspecified atom stereocenters. The zero-order valence-electron chi connectivity index (χ0n) is 10.0. The van der Waals surface area contributed by atoms with Gasteiger partial charge in [0.1, 0.15) is 0 Å². The molecule has 0 radical (unpaired) electrons. The topological polar surface area (TPSA) is 62.3 Å². The maximum atomic E-state index is 12.4. The Balaban J connectivity index is 2.39. The summed E-state index contributed by atoms with van der Waals surface area (Å²) in [6.45, 7) is 5.64. The van der Waals surface area contributed by atoms with Gasteiger partial charge in [-0.05, 0) is 26.0 Å². The number of aromatic nitrogens is 1. The van der Waals surface area contributed by atoms with E-state index in [4.69, 9.17) is 0 Å². The van der Waals surface area contributed by atoms with Crippen molar-refractivity contribution in [2.24, 2.45) is 0 Å². The summed E-state index contributed by atoms with van der Waals surface area (Å²) < 4.78 is 26.4. The quantitative estimate of drug-likeness (QED) is 0.833. The molecule has 1 N–H and O–H groups in total. The van der Waals surface area contributed by atoms with Gasteiger partial charge in [-0.2, -0.15) is 4.31 Å². The van der Waals surface area contributed by atoms with Crippen molar-refractivity contribution >= 4 is 10.0 Å². The molecule has 0 amide bonds. The van der Waals surface area contributed by atoms with Crippen molar-refractivity contribution in [1.29, 1.82) is 0 Å². The molecule has 2 rings (SSSR count). The lowest BCUT2D eigenvalue weighted by atomic mass is 10.0. The first kappa shape index (κ1) is 12.5. The molecule has 0 atom stereocenters. The van der Waals surface area contributed by atoms with Gasteiger partial charge in [0, 0.05) is 31.4 Å². The first-order valence-corrected chi connectivity index (χ1v) is 7.03. The van der Waals surface area contributed by atoms with Gasteiger partial charge in [0.2, 0.25) is 0 Å². The SMILES string of the molecule is CC1(C)CNCCN1S(=O)(=O)c1ccccn1. The van der Waals surface area contributed by atoms with E-state index >= 15 is 0 Å². The summed E-state index contributed by atoms with van der Waals surface area (Å²) in [5, 5.41) is 3.32. The van der Waals surface area contributed by atoms with E-state index in [2.05, 4.69) is 10.3 Å². The van der Waals surface area contributed by atoms with E-state index in [1.54, 1.807) is 12.1 Å². The van der Waals surface area contributed by atoms with E-state index in [9.17, 15) is 8.42 Å². The molecule has 2 heterocycles. The monoisotopic (exact) mass is 255 g/mol. The maximum absolute atomic E-state index is 12.4. The van der Waals surface area contributed by atoms with Gasteiger partial charge >= 0.3 is 0 Å². The van der Waals surface area contributed by atoms with Crippen LogP contribution in [0.25, 0.3) is 0 Å². The highest BCUT2D eigenvalue weighted by Gasteiger charge is 2.39. The Hall–Kier alpha value is -0.980. The number of pyridine rings is 1. The second-order valence-corrected chi connectivity index (χ2v) is 6.54. The number of nitrogens with one attached hydrogen (secondary N) is 1. The normalized spacial score (nSPS) is 21.3. The zero-order chi connectivity index (χ0) is 12.5. The Morgan fingerprint density at radius 3 is 2.76 bits per heavy atom. The van der Waals surface area contributed by atoms with Gasteiger partial charge in [-0.25, -0.2) is 13.4 Å². The summed E-state index contributed by atoms with van der Waals surface area (Å²) in [6.07, 6.45) is 1.50. The Bertz CT molecular complexity index is 485. The molecule has 0 aliphatic carbocycles. The summed E-state index contributed by atoms with van der Waals surface area (Å²) >= 11 is 0. The summed E-state index contributed by atoms with van der Waals surface area (Å²) in [7, 11) is -3.49. The first-order chi connectivity index (χ1) is 7.94. The van der Waals surface area contributed by atoms with Crippen molar-refractivity contribution in [3.05, 3.63) is 24.4 Å². The van der Waals surface area contributed by atoms with Crippen molar-refractivity contribution < 1.29 is 8.42 Å². The molecule has 0 aromatic carbocycles. The standard InChI is InChI=1S/C11H17N3O2S/c1-11(2)9-12-7-8-14(11)17(15,16)10-5-3-4-6-13-10/h3-6,12H,7-9H2,1-2H3. The van der Waals surface area contributed by atoms with E-state index in [-0.39, 0.29) is 5.03 Å². The van der Waals surface area contributed by atoms with Crippen LogP contribution in [0.2, 0.25) is 0 Å². The lowest BCUT2D eigenvalue weighted by Gasteiger charge is -2.41. The van der Waals surface area contributed by atoms with Crippen LogP contribution in [0, 0.1) is 0 Å². The van der Waals surface area contributed by atoms with Crippen LogP contribution in [0.4, 0.5) is 0 Å². The molecule has 0 spiro atoms. The molecular formula is C11H17N3O2S. The van der Waals surface area contributed by atoms with E-state index in [1.807, 2.05) is 13.8 Å². The summed E-state index contributed by atoms with van der Waals surface area (Å²) in [6, 6.07) is 4.93. The minimum absolute atomic E-state index is 0.120. The molecule has 1 aliphatic heterocycles. The number of sulfonamides is 1. The highest BCUT2D eigenvalue weighted by atomic mass is 32.2. The number of rotatable bonds is 2. The van der Waals surface area contributed by atoms with Crippen LogP contribution in [0.5, 0.6) is 0 Å². The fraction of sp³-hybridized carbons (Fsp3) is 0.545. The van der Waals surface area contributed by atoms with Crippen LogP contribution in [0.3, 0.4) is 0 Å². The first-order valence-electron chi connectivity index (χ1n) is 5.59. The number of nitrogens with zero attached hydrogens (tertiary/aromatic N) is 2. The Morgan fingerprint density at radius 1 is 1.41 bits per heavy atom. The van der Waals surface area contributed by atoms with Gasteiger partial charge in [-0.15, -0.1) is 0 Å². The molecule has 94 valence electrons. The summed E-state index contributed by atoms with van der Waals surface area (Å²) in [5.41, 5.74) is -0.422. The average Bonchev–Trinajstić information content (AvgIpc) is 2.29. The van der Waals surface area contributed by atoms with Gasteiger partial charge in [0.25, 0.3) is 10.0 Å². The lowest BCUT2D eigenvalue weighted by Crippen LogP contribution is -2.59. The van der Waals surface area contributed by atoms with E-state index in [1.165, 1.54) is 16.6 Å². The molecule has 5 nitrogen and oxygen atoms in total. The van der Waals surface area contributed by atoms with E-state index < -0.39 is 15.6 Å². The highest BCUT2D eigenvalue weighted by Crippen LogP contribution is 2.24. The third-order valence-electron chi connectivity index (χ3n) is 2.92. The van der Waals surface area contributed by atoms with Gasteiger partial charge in [0.15, 0.2) is 5.03 Å². The number of hydrogen-bond acceptors (Lipinski definition) is 4. The minimum Gasteiger partial charge on any atom is -0.314 e. The predicted octanol–water partition coefficient (Wildman–Crippen LogP) is 0.454. The van der Waals surface area contributed by atoms with Crippen molar-refractivity contribution in [2.45, 2.75) is 24.4 Å². The van der Waals surface area contributed by atoms with Crippen LogP contribution in [0.15, 0.2) is 29.4 Å². The van der Waals surface area contributed by atoms with Gasteiger partial charge in [-0.1, -0.05) is 6.07 Å². The van der Waals surface area contributed by atoms with Crippen molar-refractivity contribution in [3.8, 4) is 0 Å². The van der Waals surface area contributed by atoms with Crippen LogP contribution in [0.1, 0.15) is 13.8 Å². The van der Waals surface area contributed by atoms with Crippen molar-refractivity contribution in [1.82, 2.24) is 14.6 Å². The largest absolute Gasteiger partial charge is 0.314 e. The Labute approximate surface area is 102 Å². The van der Waals surface area contributed by atoms with E-state index in [0.717, 1.165) is 0 Å².